The van der Waals surface area contributed by atoms with Crippen LogP contribution >= 0.6 is 0 Å². The number of nitrogens with zero attached hydrogens (tertiary/aromatic N) is 3. The van der Waals surface area contributed by atoms with Crippen LogP contribution in [0.2, 0.25) is 0 Å². The van der Waals surface area contributed by atoms with E-state index < -0.39 is 0 Å². The van der Waals surface area contributed by atoms with Gasteiger partial charge in [-0.1, -0.05) is 19.3 Å². The first-order valence-electron chi connectivity index (χ1n) is 8.43. The van der Waals surface area contributed by atoms with Crippen molar-refractivity contribution in [2.75, 3.05) is 18.4 Å². The van der Waals surface area contributed by atoms with Gasteiger partial charge in [-0.3, -0.25) is 4.90 Å². The average Bonchev–Trinajstić information content (AvgIpc) is 3.04. The van der Waals surface area contributed by atoms with Gasteiger partial charge in [0, 0.05) is 37.6 Å². The molecule has 1 saturated heterocycles. The molecule has 110 valence electrons. The Kier molecular flexibility index (Phi) is 3.42. The van der Waals surface area contributed by atoms with Gasteiger partial charge in [-0.05, 0) is 32.1 Å². The molecule has 0 spiro atoms. The van der Waals surface area contributed by atoms with E-state index in [2.05, 4.69) is 26.0 Å². The third kappa shape index (κ3) is 2.58. The van der Waals surface area contributed by atoms with Gasteiger partial charge < -0.3 is 9.88 Å². The summed E-state index contributed by atoms with van der Waals surface area (Å²) < 4.78 is 2.40. The summed E-state index contributed by atoms with van der Waals surface area (Å²) in [5, 5.41) is 3.70. The highest BCUT2D eigenvalue weighted by Crippen LogP contribution is 2.34. The molecular weight excluding hydrogens is 248 g/mol. The minimum Gasteiger partial charge on any atom is -0.353 e. The van der Waals surface area contributed by atoms with E-state index in [4.69, 9.17) is 0 Å². The van der Waals surface area contributed by atoms with Gasteiger partial charge in [-0.15, -0.1) is 0 Å². The summed E-state index contributed by atoms with van der Waals surface area (Å²) in [6.07, 6.45) is 15.0. The zero-order valence-corrected chi connectivity index (χ0v) is 12.3. The molecule has 1 aliphatic heterocycles. The normalized spacial score (nSPS) is 28.9. The molecule has 3 aliphatic rings. The number of rotatable bonds is 4. The molecular formula is C16H26N4. The monoisotopic (exact) mass is 274 g/mol. The number of hydrogen-bond acceptors (Lipinski definition) is 3. The lowest BCUT2D eigenvalue weighted by atomic mass is 9.96. The molecule has 1 atom stereocenters. The highest BCUT2D eigenvalue weighted by molar-refractivity contribution is 5.29. The van der Waals surface area contributed by atoms with Crippen LogP contribution in [0.25, 0.3) is 0 Å². The van der Waals surface area contributed by atoms with Gasteiger partial charge in [0.25, 0.3) is 0 Å². The lowest BCUT2D eigenvalue weighted by Crippen LogP contribution is -2.26. The molecule has 0 radical (unpaired) electrons. The Hall–Kier alpha value is -1.03. The van der Waals surface area contributed by atoms with Gasteiger partial charge in [0.05, 0.1) is 6.04 Å². The summed E-state index contributed by atoms with van der Waals surface area (Å²) in [6, 6.07) is 2.17. The molecule has 20 heavy (non-hydrogen) atoms. The zero-order valence-electron chi connectivity index (χ0n) is 12.3. The van der Waals surface area contributed by atoms with E-state index in [1.54, 1.807) is 0 Å². The molecule has 1 aromatic rings. The summed E-state index contributed by atoms with van der Waals surface area (Å²) in [6.45, 7) is 2.50. The van der Waals surface area contributed by atoms with Crippen molar-refractivity contribution in [2.45, 2.75) is 69.5 Å². The van der Waals surface area contributed by atoms with Crippen LogP contribution in [0.15, 0.2) is 12.4 Å². The average molecular weight is 274 g/mol. The first kappa shape index (κ1) is 12.7. The molecule has 2 aliphatic carbocycles. The zero-order chi connectivity index (χ0) is 13.4. The fourth-order valence-electron chi connectivity index (χ4n) is 3.92. The van der Waals surface area contributed by atoms with Crippen molar-refractivity contribution >= 4 is 5.95 Å². The van der Waals surface area contributed by atoms with Gasteiger partial charge in [0.1, 0.15) is 0 Å². The van der Waals surface area contributed by atoms with Crippen molar-refractivity contribution in [1.29, 1.82) is 0 Å². The van der Waals surface area contributed by atoms with Crippen molar-refractivity contribution in [2.24, 2.45) is 0 Å². The van der Waals surface area contributed by atoms with Crippen molar-refractivity contribution < 1.29 is 0 Å². The van der Waals surface area contributed by atoms with Gasteiger partial charge in [-0.2, -0.15) is 0 Å². The molecule has 1 aromatic heterocycles. The minimum atomic E-state index is 0.629. The fourth-order valence-corrected chi connectivity index (χ4v) is 3.92. The van der Waals surface area contributed by atoms with E-state index in [0.29, 0.717) is 12.1 Å². The van der Waals surface area contributed by atoms with Crippen molar-refractivity contribution in [1.82, 2.24) is 14.5 Å². The summed E-state index contributed by atoms with van der Waals surface area (Å²) in [7, 11) is 0. The lowest BCUT2D eigenvalue weighted by Gasteiger charge is -2.25. The maximum absolute atomic E-state index is 4.57. The summed E-state index contributed by atoms with van der Waals surface area (Å²) >= 11 is 0. The summed E-state index contributed by atoms with van der Waals surface area (Å²) in [4.78, 5) is 7.25. The van der Waals surface area contributed by atoms with E-state index in [1.807, 2.05) is 6.20 Å². The van der Waals surface area contributed by atoms with Gasteiger partial charge >= 0.3 is 0 Å². The molecule has 1 N–H and O–H groups in total. The number of aromatic nitrogens is 2. The Morgan fingerprint density at radius 2 is 1.85 bits per heavy atom. The predicted octanol–water partition coefficient (Wildman–Crippen LogP) is 3.04. The Bertz CT molecular complexity index is 445. The minimum absolute atomic E-state index is 0.629. The maximum atomic E-state index is 4.57. The van der Waals surface area contributed by atoms with E-state index in [9.17, 15) is 0 Å². The molecule has 0 aromatic carbocycles. The Labute approximate surface area is 121 Å². The van der Waals surface area contributed by atoms with Crippen molar-refractivity contribution in [3.63, 3.8) is 0 Å². The van der Waals surface area contributed by atoms with Crippen LogP contribution in [-0.2, 0) is 0 Å². The molecule has 4 rings (SSSR count). The van der Waals surface area contributed by atoms with Crippen LogP contribution in [0.1, 0.15) is 57.4 Å². The van der Waals surface area contributed by atoms with Crippen molar-refractivity contribution in [3.8, 4) is 0 Å². The molecule has 2 heterocycles. The Morgan fingerprint density at radius 1 is 1.00 bits per heavy atom. The molecule has 1 unspecified atom stereocenters. The van der Waals surface area contributed by atoms with E-state index in [1.165, 1.54) is 64.5 Å². The topological polar surface area (TPSA) is 33.1 Å². The van der Waals surface area contributed by atoms with Crippen LogP contribution < -0.4 is 5.32 Å². The summed E-state index contributed by atoms with van der Waals surface area (Å²) in [5.74, 6) is 1.11. The van der Waals surface area contributed by atoms with Crippen LogP contribution in [0.3, 0.4) is 0 Å². The first-order chi connectivity index (χ1) is 9.90. The van der Waals surface area contributed by atoms with E-state index in [0.717, 1.165) is 12.0 Å². The van der Waals surface area contributed by atoms with Gasteiger partial charge in [0.15, 0.2) is 0 Å². The first-order valence-corrected chi connectivity index (χ1v) is 8.43. The van der Waals surface area contributed by atoms with Gasteiger partial charge in [0.2, 0.25) is 5.95 Å². The Balaban J connectivity index is 1.42. The second kappa shape index (κ2) is 5.40. The maximum Gasteiger partial charge on any atom is 0.203 e. The molecule has 0 amide bonds. The number of nitrogens with one attached hydrogen (secondary N) is 1. The highest BCUT2D eigenvalue weighted by atomic mass is 15.3. The van der Waals surface area contributed by atoms with Crippen molar-refractivity contribution in [3.05, 3.63) is 12.4 Å². The molecule has 0 bridgehead atoms. The highest BCUT2D eigenvalue weighted by Gasteiger charge is 2.35. The van der Waals surface area contributed by atoms with E-state index in [-0.39, 0.29) is 0 Å². The second-order valence-electron chi connectivity index (χ2n) is 6.81. The third-order valence-electron chi connectivity index (χ3n) is 5.26. The number of anilines is 1. The van der Waals surface area contributed by atoms with Crippen LogP contribution in [0.4, 0.5) is 5.95 Å². The molecule has 2 saturated carbocycles. The number of hydrogen-bond donors (Lipinski definition) is 1. The van der Waals surface area contributed by atoms with Crippen LogP contribution in [0, 0.1) is 0 Å². The molecule has 3 fully saturated rings. The molecule has 4 nitrogen and oxygen atoms in total. The second-order valence-corrected chi connectivity index (χ2v) is 6.81. The fraction of sp³-hybridized carbons (Fsp3) is 0.812. The Morgan fingerprint density at radius 3 is 2.65 bits per heavy atom. The quantitative estimate of drug-likeness (QED) is 0.916. The number of likely N-dealkylation sites (tertiary alicyclic amines) is 1. The lowest BCUT2D eigenvalue weighted by molar-refractivity contribution is 0.314. The largest absolute Gasteiger partial charge is 0.353 e. The van der Waals surface area contributed by atoms with Gasteiger partial charge in [-0.25, -0.2) is 4.98 Å². The predicted molar refractivity (Wildman–Crippen MR) is 81.0 cm³/mol. The SMILES string of the molecule is c1cn(C2CCN(C3CC3)C2)c(NC2CCCCC2)n1. The molecule has 4 heteroatoms. The summed E-state index contributed by atoms with van der Waals surface area (Å²) in [5.41, 5.74) is 0. The van der Waals surface area contributed by atoms with E-state index >= 15 is 0 Å². The number of imidazole rings is 1. The van der Waals surface area contributed by atoms with Crippen LogP contribution in [-0.4, -0.2) is 39.6 Å². The third-order valence-corrected chi connectivity index (χ3v) is 5.26. The van der Waals surface area contributed by atoms with Crippen LogP contribution in [0.5, 0.6) is 0 Å². The standard InChI is InChI=1S/C16H26N4/c1-2-4-13(5-3-1)18-16-17-9-11-20(16)15-8-10-19(12-15)14-6-7-14/h9,11,13-15H,1-8,10,12H2,(H,17,18). The smallest absolute Gasteiger partial charge is 0.203 e.